The molecule has 0 fully saturated rings. The second kappa shape index (κ2) is 4.41. The molecule has 1 N–H and O–H groups in total. The van der Waals surface area contributed by atoms with Crippen LogP contribution < -0.4 is 4.90 Å². The van der Waals surface area contributed by atoms with E-state index in [9.17, 15) is 10.4 Å². The van der Waals surface area contributed by atoms with Gasteiger partial charge in [-0.25, -0.2) is 0 Å². The number of aryl methyl sites for hydroxylation is 2. The van der Waals surface area contributed by atoms with Crippen molar-refractivity contribution in [3.63, 3.8) is 0 Å². The van der Waals surface area contributed by atoms with Gasteiger partial charge in [0.2, 0.25) is 0 Å². The van der Waals surface area contributed by atoms with E-state index >= 15 is 0 Å². The van der Waals surface area contributed by atoms with Crippen molar-refractivity contribution < 1.29 is 5.11 Å². The molecule has 0 aliphatic rings. The lowest BCUT2D eigenvalue weighted by Crippen LogP contribution is -2.14. The molecule has 0 unspecified atom stereocenters. The summed E-state index contributed by atoms with van der Waals surface area (Å²) in [4.78, 5) is 1.87. The van der Waals surface area contributed by atoms with Crippen LogP contribution in [0.25, 0.3) is 0 Å². The molecule has 0 amide bonds. The molecule has 0 saturated heterocycles. The number of phenolic OH excluding ortho intramolecular Hbond substituents is 1. The smallest absolute Gasteiger partial charge is 0.149 e. The van der Waals surface area contributed by atoms with Crippen LogP contribution in [0.5, 0.6) is 5.75 Å². The number of hydrogen-bond acceptors (Lipinski definition) is 4. The van der Waals surface area contributed by atoms with E-state index in [1.165, 1.54) is 0 Å². The summed E-state index contributed by atoms with van der Waals surface area (Å²) in [5, 5.41) is 22.7. The van der Waals surface area contributed by atoms with Crippen molar-refractivity contribution in [2.24, 2.45) is 7.05 Å². The third-order valence-electron chi connectivity index (χ3n) is 2.86. The van der Waals surface area contributed by atoms with Crippen LogP contribution in [0.15, 0.2) is 24.3 Å². The molecule has 2 aromatic rings. The summed E-state index contributed by atoms with van der Waals surface area (Å²) in [6.45, 7) is 1.81. The van der Waals surface area contributed by atoms with Gasteiger partial charge in [0.05, 0.1) is 5.69 Å². The van der Waals surface area contributed by atoms with E-state index in [0.29, 0.717) is 11.3 Å². The third kappa shape index (κ3) is 1.89. The average molecular weight is 242 g/mol. The largest absolute Gasteiger partial charge is 0.508 e. The van der Waals surface area contributed by atoms with Crippen LogP contribution in [0.2, 0.25) is 0 Å². The zero-order valence-electron chi connectivity index (χ0n) is 10.5. The summed E-state index contributed by atoms with van der Waals surface area (Å²) >= 11 is 0. The minimum atomic E-state index is 0.217. The quantitative estimate of drug-likeness (QED) is 0.875. The Balaban J connectivity index is 2.49. The molecular weight excluding hydrogens is 228 g/mol. The third-order valence-corrected chi connectivity index (χ3v) is 2.86. The van der Waals surface area contributed by atoms with Crippen LogP contribution in [0.1, 0.15) is 11.3 Å². The fourth-order valence-corrected chi connectivity index (χ4v) is 1.96. The van der Waals surface area contributed by atoms with Gasteiger partial charge in [0.15, 0.2) is 0 Å². The first-order chi connectivity index (χ1) is 8.54. The van der Waals surface area contributed by atoms with Gasteiger partial charge in [-0.3, -0.25) is 4.68 Å². The van der Waals surface area contributed by atoms with E-state index in [0.717, 1.165) is 11.5 Å². The molecule has 0 saturated carbocycles. The van der Waals surface area contributed by atoms with E-state index in [4.69, 9.17) is 0 Å². The average Bonchev–Trinajstić information content (AvgIpc) is 2.63. The molecule has 0 spiro atoms. The molecule has 2 rings (SSSR count). The Morgan fingerprint density at radius 1 is 1.33 bits per heavy atom. The normalized spacial score (nSPS) is 10.1. The van der Waals surface area contributed by atoms with Crippen molar-refractivity contribution >= 4 is 11.5 Å². The number of rotatable bonds is 2. The molecule has 1 aromatic heterocycles. The predicted molar refractivity (Wildman–Crippen MR) is 68.8 cm³/mol. The summed E-state index contributed by atoms with van der Waals surface area (Å²) in [7, 11) is 3.67. The summed E-state index contributed by atoms with van der Waals surface area (Å²) < 4.78 is 1.68. The minimum absolute atomic E-state index is 0.217. The topological polar surface area (TPSA) is 65.1 Å². The Hall–Kier alpha value is -2.48. The van der Waals surface area contributed by atoms with Crippen molar-refractivity contribution in [3.05, 3.63) is 35.5 Å². The van der Waals surface area contributed by atoms with Gasteiger partial charge >= 0.3 is 0 Å². The summed E-state index contributed by atoms with van der Waals surface area (Å²) in [6.07, 6.45) is 0. The van der Waals surface area contributed by atoms with E-state index in [-0.39, 0.29) is 5.75 Å². The molecule has 0 aliphatic heterocycles. The molecule has 0 atom stereocenters. The SMILES string of the molecule is Cc1nn(C)c(N(C)c2ccc(O)cc2)c1C#N. The van der Waals surface area contributed by atoms with Crippen molar-refractivity contribution in [2.75, 3.05) is 11.9 Å². The number of nitriles is 1. The zero-order chi connectivity index (χ0) is 13.3. The number of nitrogens with zero attached hydrogens (tertiary/aromatic N) is 4. The van der Waals surface area contributed by atoms with Crippen LogP contribution in [-0.4, -0.2) is 21.9 Å². The fourth-order valence-electron chi connectivity index (χ4n) is 1.96. The van der Waals surface area contributed by atoms with Gasteiger partial charge in [0.1, 0.15) is 23.2 Å². The Kier molecular flexibility index (Phi) is 2.94. The first kappa shape index (κ1) is 12.0. The van der Waals surface area contributed by atoms with Crippen LogP contribution in [0.3, 0.4) is 0 Å². The second-order valence-electron chi connectivity index (χ2n) is 4.09. The molecule has 18 heavy (non-hydrogen) atoms. The number of phenols is 1. The van der Waals surface area contributed by atoms with Gasteiger partial charge in [0.25, 0.3) is 0 Å². The maximum atomic E-state index is 9.28. The lowest BCUT2D eigenvalue weighted by atomic mass is 10.2. The molecule has 0 radical (unpaired) electrons. The van der Waals surface area contributed by atoms with Crippen molar-refractivity contribution in [1.29, 1.82) is 5.26 Å². The highest BCUT2D eigenvalue weighted by atomic mass is 16.3. The highest BCUT2D eigenvalue weighted by Crippen LogP contribution is 2.28. The fraction of sp³-hybridized carbons (Fsp3) is 0.231. The van der Waals surface area contributed by atoms with Gasteiger partial charge in [-0.05, 0) is 31.2 Å². The predicted octanol–water partition coefficient (Wildman–Crippen LogP) is 2.07. The van der Waals surface area contributed by atoms with Crippen LogP contribution in [0, 0.1) is 18.3 Å². The van der Waals surface area contributed by atoms with E-state index in [1.807, 2.05) is 18.9 Å². The van der Waals surface area contributed by atoms with Gasteiger partial charge in [-0.2, -0.15) is 10.4 Å². The van der Waals surface area contributed by atoms with Gasteiger partial charge < -0.3 is 10.0 Å². The molecule has 92 valence electrons. The molecular formula is C13H14N4O. The molecule has 0 bridgehead atoms. The number of hydrogen-bond donors (Lipinski definition) is 1. The minimum Gasteiger partial charge on any atom is -0.508 e. The number of anilines is 2. The van der Waals surface area contributed by atoms with E-state index in [2.05, 4.69) is 11.2 Å². The van der Waals surface area contributed by atoms with Crippen molar-refractivity contribution in [2.45, 2.75) is 6.92 Å². The molecule has 0 aliphatic carbocycles. The number of benzene rings is 1. The second-order valence-corrected chi connectivity index (χ2v) is 4.09. The van der Waals surface area contributed by atoms with Crippen molar-refractivity contribution in [3.8, 4) is 11.8 Å². The van der Waals surface area contributed by atoms with Crippen LogP contribution in [-0.2, 0) is 7.05 Å². The first-order valence-corrected chi connectivity index (χ1v) is 5.51. The highest BCUT2D eigenvalue weighted by molar-refractivity contribution is 5.67. The first-order valence-electron chi connectivity index (χ1n) is 5.51. The highest BCUT2D eigenvalue weighted by Gasteiger charge is 2.17. The Morgan fingerprint density at radius 2 is 1.94 bits per heavy atom. The zero-order valence-corrected chi connectivity index (χ0v) is 10.5. The Labute approximate surface area is 106 Å². The number of aromatic hydroxyl groups is 1. The maximum absolute atomic E-state index is 9.28. The van der Waals surface area contributed by atoms with Gasteiger partial charge in [-0.1, -0.05) is 0 Å². The Morgan fingerprint density at radius 3 is 2.50 bits per heavy atom. The van der Waals surface area contributed by atoms with Crippen LogP contribution >= 0.6 is 0 Å². The monoisotopic (exact) mass is 242 g/mol. The molecule has 1 aromatic carbocycles. The maximum Gasteiger partial charge on any atom is 0.149 e. The molecule has 5 heteroatoms. The lowest BCUT2D eigenvalue weighted by Gasteiger charge is -2.19. The summed E-state index contributed by atoms with van der Waals surface area (Å²) in [5.41, 5.74) is 2.15. The van der Waals surface area contributed by atoms with Gasteiger partial charge in [-0.15, -0.1) is 0 Å². The van der Waals surface area contributed by atoms with E-state index < -0.39 is 0 Å². The standard InChI is InChI=1S/C13H14N4O/c1-9-12(8-14)13(17(3)15-9)16(2)10-4-6-11(18)7-5-10/h4-7,18H,1-3H3. The Bertz CT molecular complexity index is 607. The lowest BCUT2D eigenvalue weighted by molar-refractivity contribution is 0.475. The number of aromatic nitrogens is 2. The van der Waals surface area contributed by atoms with Gasteiger partial charge in [0, 0.05) is 19.8 Å². The summed E-state index contributed by atoms with van der Waals surface area (Å²) in [5.74, 6) is 0.953. The van der Waals surface area contributed by atoms with E-state index in [1.54, 1.807) is 36.0 Å². The van der Waals surface area contributed by atoms with Crippen LogP contribution in [0.4, 0.5) is 11.5 Å². The molecule has 5 nitrogen and oxygen atoms in total. The molecule has 1 heterocycles. The summed E-state index contributed by atoms with van der Waals surface area (Å²) in [6, 6.07) is 8.98. The van der Waals surface area contributed by atoms with Crippen molar-refractivity contribution in [1.82, 2.24) is 9.78 Å².